The fraction of sp³-hybridized carbons (Fsp3) is 0.370. The van der Waals surface area contributed by atoms with E-state index in [0.717, 1.165) is 49.2 Å². The zero-order valence-electron chi connectivity index (χ0n) is 36.0. The number of aliphatic hydroxyl groups is 1. The Morgan fingerprint density at radius 3 is 2.18 bits per heavy atom. The second kappa shape index (κ2) is 20.5. The lowest BCUT2D eigenvalue weighted by Gasteiger charge is -2.37. The van der Waals surface area contributed by atoms with Crippen molar-refractivity contribution < 1.29 is 54.4 Å². The number of nitrogens with zero attached hydrogens (tertiary/aromatic N) is 8. The molecule has 2 aromatic heterocycles. The Bertz CT molecular complexity index is 2630. The van der Waals surface area contributed by atoms with E-state index in [1.54, 1.807) is 41.0 Å². The highest BCUT2D eigenvalue weighted by molar-refractivity contribution is 6.37. The fourth-order valence-electron chi connectivity index (χ4n) is 8.61. The zero-order valence-corrected chi connectivity index (χ0v) is 39.1. The third kappa shape index (κ3) is 10.7. The molecule has 14 nitrogen and oxygen atoms in total. The monoisotopic (exact) mass is 996 g/mol. The molecule has 19 heteroatoms. The number of carbonyl (C=O) groups excluding carboxylic acids is 1. The van der Waals surface area contributed by atoms with Crippen LogP contribution in [0.25, 0.3) is 5.69 Å². The molecule has 1 N–H and O–H groups in total. The first-order chi connectivity index (χ1) is 30.8. The third-order valence-electron chi connectivity index (χ3n) is 11.8. The molecule has 0 radical (unpaired) electrons. The van der Waals surface area contributed by atoms with Crippen LogP contribution in [0.4, 0.5) is 20.2 Å². The number of ether oxygens (including phenoxy) is 3. The summed E-state index contributed by atoms with van der Waals surface area (Å²) in [7, 11) is 0. The number of halogens is 5. The molecule has 0 aliphatic carbocycles. The van der Waals surface area contributed by atoms with E-state index in [1.807, 2.05) is 55.5 Å². The maximum Gasteiger partial charge on any atom is 0.350 e. The van der Waals surface area contributed by atoms with Gasteiger partial charge in [-0.25, -0.2) is 27.4 Å². The van der Waals surface area contributed by atoms with Gasteiger partial charge in [0.25, 0.3) is 6.33 Å². The molecule has 2 fully saturated rings. The lowest BCUT2D eigenvalue weighted by atomic mass is 9.87. The van der Waals surface area contributed by atoms with Crippen molar-refractivity contribution >= 4 is 40.5 Å². The number of aromatic nitrogens is 6. The van der Waals surface area contributed by atoms with Gasteiger partial charge >= 0.3 is 11.7 Å². The molecule has 0 unspecified atom stereocenters. The lowest BCUT2D eigenvalue weighted by Crippen LogP contribution is -3.00. The Kier molecular flexibility index (Phi) is 15.0. The zero-order chi connectivity index (χ0) is 45.1. The predicted molar refractivity (Wildman–Crippen MR) is 237 cm³/mol. The first-order valence-electron chi connectivity index (χ1n) is 21.1. The van der Waals surface area contributed by atoms with E-state index in [2.05, 4.69) is 20.0 Å². The van der Waals surface area contributed by atoms with Gasteiger partial charge in [0.15, 0.2) is 5.75 Å². The first-order valence-corrected chi connectivity index (χ1v) is 21.9. The van der Waals surface area contributed by atoms with Crippen molar-refractivity contribution in [2.75, 3.05) is 49.2 Å². The van der Waals surface area contributed by atoms with Gasteiger partial charge in [-0.15, -0.1) is 4.68 Å². The minimum Gasteiger partial charge on any atom is -1.00 e. The predicted octanol–water partition coefficient (Wildman–Crippen LogP) is 3.75. The van der Waals surface area contributed by atoms with E-state index in [-0.39, 0.29) is 62.5 Å². The molecular formula is C46H49BrCl2F2N8O6. The quantitative estimate of drug-likeness (QED) is 0.0923. The number of anilines is 2. The molecule has 0 amide bonds. The summed E-state index contributed by atoms with van der Waals surface area (Å²) in [5.41, 5.74) is 2.40. The minimum absolute atomic E-state index is 0. The van der Waals surface area contributed by atoms with Crippen LogP contribution in [-0.2, 0) is 28.2 Å². The molecule has 0 bridgehead atoms. The van der Waals surface area contributed by atoms with E-state index in [4.69, 9.17) is 37.4 Å². The summed E-state index contributed by atoms with van der Waals surface area (Å²) in [6.07, 6.45) is 5.16. The van der Waals surface area contributed by atoms with Crippen LogP contribution < -0.4 is 46.5 Å². The van der Waals surface area contributed by atoms with Gasteiger partial charge in [0.05, 0.1) is 47.6 Å². The largest absolute Gasteiger partial charge is 1.00 e. The molecule has 4 heterocycles. The van der Waals surface area contributed by atoms with E-state index in [0.29, 0.717) is 44.0 Å². The Morgan fingerprint density at radius 1 is 0.954 bits per heavy atom. The number of aliphatic hydroxyl groups excluding tert-OH is 1. The van der Waals surface area contributed by atoms with Crippen LogP contribution in [0.15, 0.2) is 103 Å². The van der Waals surface area contributed by atoms with Crippen LogP contribution >= 0.6 is 23.2 Å². The van der Waals surface area contributed by atoms with Gasteiger partial charge in [0.2, 0.25) is 6.33 Å². The number of piperazine rings is 1. The molecule has 2 saturated heterocycles. The maximum atomic E-state index is 15.5. The highest BCUT2D eigenvalue weighted by atomic mass is 79.9. The van der Waals surface area contributed by atoms with Crippen LogP contribution in [0, 0.1) is 17.6 Å². The molecular weight excluding hydrogens is 949 g/mol. The van der Waals surface area contributed by atoms with Crippen molar-refractivity contribution in [1.82, 2.24) is 24.1 Å². The van der Waals surface area contributed by atoms with Gasteiger partial charge in [-0.1, -0.05) is 36.2 Å². The van der Waals surface area contributed by atoms with Crippen LogP contribution in [0.3, 0.4) is 0 Å². The molecule has 2 aliphatic rings. The summed E-state index contributed by atoms with van der Waals surface area (Å²) in [5.74, 6) is -1.24. The number of benzene rings is 4. The van der Waals surface area contributed by atoms with Crippen molar-refractivity contribution in [3.05, 3.63) is 141 Å². The van der Waals surface area contributed by atoms with E-state index < -0.39 is 29.3 Å². The molecule has 4 atom stereocenters. The molecule has 2 aliphatic heterocycles. The van der Waals surface area contributed by atoms with Gasteiger partial charge in [-0.05, 0) is 92.1 Å². The van der Waals surface area contributed by atoms with Crippen molar-refractivity contribution in [2.45, 2.75) is 64.4 Å². The normalized spacial score (nSPS) is 18.3. The molecule has 4 aromatic carbocycles. The summed E-state index contributed by atoms with van der Waals surface area (Å²) >= 11 is 12.7. The van der Waals surface area contributed by atoms with Crippen LogP contribution in [0.5, 0.6) is 11.5 Å². The Balaban J connectivity index is 0.00000630. The highest BCUT2D eigenvalue weighted by Crippen LogP contribution is 2.42. The molecule has 6 aromatic rings. The second-order valence-corrected chi connectivity index (χ2v) is 17.2. The smallest absolute Gasteiger partial charge is 0.350 e. The Morgan fingerprint density at radius 2 is 1.58 bits per heavy atom. The standard InChI is InChI=1S/C46H49Cl2F2N8O6.BrH/c1-4-43(30(2)59)58-45(61)57(28-52-58)37-8-6-35(7-9-37)54-15-17-55(18-16-54)36-10-12-38(13-11-36)62-24-33-22-46(63-25-33,39-14-5-34(49)21-42(39)50)26-56-29-53(27-51-56)23-32-19-40(47)44(41(48)20-32)64-31(3)60;/h5-14,19-21,27-30,33,43,59H,4,15-18,22-26H2,1-3H3;1H/q+1;/p-1/t30-,33-,43-,46-;/m0./s1. The van der Waals surface area contributed by atoms with Gasteiger partial charge < -0.3 is 46.1 Å². The lowest BCUT2D eigenvalue weighted by molar-refractivity contribution is -0.689. The summed E-state index contributed by atoms with van der Waals surface area (Å²) in [4.78, 5) is 29.2. The second-order valence-electron chi connectivity index (χ2n) is 16.3. The third-order valence-corrected chi connectivity index (χ3v) is 12.4. The van der Waals surface area contributed by atoms with Crippen molar-refractivity contribution in [3.8, 4) is 17.2 Å². The number of esters is 1. The average Bonchev–Trinajstić information content (AvgIpc) is 4.00. The number of carbonyl (C=O) groups is 1. The molecule has 8 rings (SSSR count). The molecule has 65 heavy (non-hydrogen) atoms. The summed E-state index contributed by atoms with van der Waals surface area (Å²) in [5, 5.41) is 19.3. The summed E-state index contributed by atoms with van der Waals surface area (Å²) in [6, 6.07) is 22.3. The van der Waals surface area contributed by atoms with Crippen LogP contribution in [0.2, 0.25) is 10.0 Å². The number of hydrogen-bond acceptors (Lipinski definition) is 10. The van der Waals surface area contributed by atoms with Crippen LogP contribution in [0.1, 0.15) is 50.8 Å². The SMILES string of the molecule is CC[C@@H]([C@H](C)O)n1ncn(-c2ccc(N3CCN(c4ccc(OC[C@H]5CO[C@@](Cn6c[n+](Cc7cc(Cl)c(OC(C)=O)c(Cl)c7)cn6)(c6ccc(F)cc6F)C5)cc4)CC3)cc2)c1=O.[Br-]. The van der Waals surface area contributed by atoms with Crippen LogP contribution in [-0.4, -0.2) is 80.7 Å². The number of rotatable bonds is 15. The highest BCUT2D eigenvalue weighted by Gasteiger charge is 2.46. The summed E-state index contributed by atoms with van der Waals surface area (Å²) in [6.45, 7) is 9.21. The Labute approximate surface area is 395 Å². The topological polar surface area (TPSA) is 133 Å². The van der Waals surface area contributed by atoms with Gasteiger partial charge in [-0.3, -0.25) is 4.79 Å². The van der Waals surface area contributed by atoms with E-state index in [1.165, 1.54) is 34.6 Å². The fourth-order valence-corrected chi connectivity index (χ4v) is 9.22. The first kappa shape index (κ1) is 47.6. The summed E-state index contributed by atoms with van der Waals surface area (Å²) < 4.78 is 53.7. The van der Waals surface area contributed by atoms with Gasteiger partial charge in [0.1, 0.15) is 35.9 Å². The average molecular weight is 999 g/mol. The van der Waals surface area contributed by atoms with Crippen molar-refractivity contribution in [1.29, 1.82) is 0 Å². The van der Waals surface area contributed by atoms with Crippen molar-refractivity contribution in [2.24, 2.45) is 5.92 Å². The molecule has 0 spiro atoms. The number of hydrogen-bond donors (Lipinski definition) is 1. The maximum absolute atomic E-state index is 15.5. The van der Waals surface area contributed by atoms with E-state index in [9.17, 15) is 19.1 Å². The van der Waals surface area contributed by atoms with Gasteiger partial charge in [0, 0.05) is 67.1 Å². The Hall–Kier alpha value is -5.33. The molecule has 0 saturated carbocycles. The molecule has 344 valence electrons. The minimum atomic E-state index is -1.15. The van der Waals surface area contributed by atoms with E-state index >= 15 is 4.39 Å². The van der Waals surface area contributed by atoms with Crippen molar-refractivity contribution in [3.63, 3.8) is 0 Å². The van der Waals surface area contributed by atoms with Gasteiger partial charge in [-0.2, -0.15) is 5.10 Å².